The molecular weight excluding hydrogens is 436 g/mol. The minimum Gasteiger partial charge on any atom is -0.459 e. The van der Waals surface area contributed by atoms with Crippen molar-refractivity contribution in [2.45, 2.75) is 44.2 Å². The van der Waals surface area contributed by atoms with Crippen LogP contribution in [0.5, 0.6) is 0 Å². The molecule has 2 rings (SSSR count). The van der Waals surface area contributed by atoms with Crippen molar-refractivity contribution in [3.05, 3.63) is 75.8 Å². The Bertz CT molecular complexity index is 804. The number of benzene rings is 2. The van der Waals surface area contributed by atoms with Crippen molar-refractivity contribution in [2.75, 3.05) is 13.1 Å². The Balaban J connectivity index is 2.02. The first kappa shape index (κ1) is 23.0. The Morgan fingerprint density at radius 2 is 1.72 bits per heavy atom. The predicted molar refractivity (Wildman–Crippen MR) is 117 cm³/mol. The molecule has 0 fully saturated rings. The van der Waals surface area contributed by atoms with Crippen molar-refractivity contribution < 1.29 is 14.5 Å². The van der Waals surface area contributed by atoms with Gasteiger partial charge >= 0.3 is 5.97 Å². The molecule has 0 radical (unpaired) electrons. The van der Waals surface area contributed by atoms with Crippen LogP contribution in [0.4, 0.5) is 5.69 Å². The third-order valence-electron chi connectivity index (χ3n) is 4.08. The van der Waals surface area contributed by atoms with Gasteiger partial charge in [-0.15, -0.1) is 0 Å². The van der Waals surface area contributed by atoms with Crippen LogP contribution in [-0.2, 0) is 22.5 Å². The van der Waals surface area contributed by atoms with Gasteiger partial charge in [-0.2, -0.15) is 0 Å². The number of halogens is 1. The molecule has 2 aromatic carbocycles. The zero-order valence-electron chi connectivity index (χ0n) is 17.0. The Kier molecular flexibility index (Phi) is 8.34. The number of alkyl halides is 1. The van der Waals surface area contributed by atoms with E-state index in [0.717, 1.165) is 11.1 Å². The molecule has 0 aromatic heterocycles. The number of non-ortho nitro benzene ring substituents is 1. The number of carbonyl (C=O) groups excluding carboxylic acids is 1. The summed E-state index contributed by atoms with van der Waals surface area (Å²) in [4.78, 5) is 24.9. The van der Waals surface area contributed by atoms with E-state index in [2.05, 4.69) is 15.9 Å². The molecule has 0 amide bonds. The average molecular weight is 463 g/mol. The van der Waals surface area contributed by atoms with E-state index in [4.69, 9.17) is 4.74 Å². The van der Waals surface area contributed by atoms with Crippen molar-refractivity contribution in [1.82, 2.24) is 4.90 Å². The number of nitrogens with zero attached hydrogens (tertiary/aromatic N) is 2. The molecule has 1 atom stereocenters. The molecule has 0 N–H and O–H groups in total. The number of ether oxygens (including phenoxy) is 1. The average Bonchev–Trinajstić information content (AvgIpc) is 2.61. The second kappa shape index (κ2) is 10.5. The molecule has 0 heterocycles. The molecular formula is C22H27BrN2O4. The summed E-state index contributed by atoms with van der Waals surface area (Å²) in [6, 6.07) is 16.5. The Morgan fingerprint density at radius 1 is 1.10 bits per heavy atom. The molecule has 0 aliphatic heterocycles. The molecule has 29 heavy (non-hydrogen) atoms. The summed E-state index contributed by atoms with van der Waals surface area (Å²) < 4.78 is 5.48. The van der Waals surface area contributed by atoms with E-state index in [9.17, 15) is 14.9 Å². The van der Waals surface area contributed by atoms with Gasteiger partial charge in [-0.25, -0.2) is 0 Å². The SMILES string of the molecule is CC(C)(C)OC(=O)CN(Cc1ccccc1)CC(Br)Cc1ccc([N+](=O)[O-])cc1. The fourth-order valence-corrected chi connectivity index (χ4v) is 3.72. The number of nitro benzene ring substituents is 1. The van der Waals surface area contributed by atoms with E-state index < -0.39 is 10.5 Å². The van der Waals surface area contributed by atoms with Crippen molar-refractivity contribution in [3.8, 4) is 0 Å². The van der Waals surface area contributed by atoms with Crippen LogP contribution in [-0.4, -0.2) is 39.3 Å². The summed E-state index contributed by atoms with van der Waals surface area (Å²) in [6.07, 6.45) is 0.692. The number of nitro groups is 1. The van der Waals surface area contributed by atoms with Crippen molar-refractivity contribution >= 4 is 27.6 Å². The summed E-state index contributed by atoms with van der Waals surface area (Å²) in [6.45, 7) is 7.01. The van der Waals surface area contributed by atoms with Crippen LogP contribution in [0.2, 0.25) is 0 Å². The van der Waals surface area contributed by atoms with Gasteiger partial charge in [0.1, 0.15) is 5.60 Å². The Labute approximate surface area is 180 Å². The summed E-state index contributed by atoms with van der Waals surface area (Å²) in [5, 5.41) is 10.8. The highest BCUT2D eigenvalue weighted by molar-refractivity contribution is 9.09. The van der Waals surface area contributed by atoms with Crippen LogP contribution in [0.1, 0.15) is 31.9 Å². The first-order valence-corrected chi connectivity index (χ1v) is 10.4. The molecule has 0 saturated heterocycles. The van der Waals surface area contributed by atoms with Gasteiger partial charge in [0.05, 0.1) is 11.5 Å². The lowest BCUT2D eigenvalue weighted by atomic mass is 10.1. The molecule has 0 aliphatic carbocycles. The maximum Gasteiger partial charge on any atom is 0.320 e. The molecule has 0 aliphatic rings. The van der Waals surface area contributed by atoms with Gasteiger partial charge in [0.25, 0.3) is 5.69 Å². The van der Waals surface area contributed by atoms with Crippen LogP contribution in [0.15, 0.2) is 54.6 Å². The number of carbonyl (C=O) groups is 1. The van der Waals surface area contributed by atoms with Crippen LogP contribution in [0.3, 0.4) is 0 Å². The van der Waals surface area contributed by atoms with E-state index in [1.165, 1.54) is 12.1 Å². The van der Waals surface area contributed by atoms with Crippen LogP contribution in [0.25, 0.3) is 0 Å². The smallest absolute Gasteiger partial charge is 0.320 e. The summed E-state index contributed by atoms with van der Waals surface area (Å²) >= 11 is 3.70. The summed E-state index contributed by atoms with van der Waals surface area (Å²) in [5.41, 5.74) is 1.67. The number of hydrogen-bond acceptors (Lipinski definition) is 5. The molecule has 1 unspecified atom stereocenters. The monoisotopic (exact) mass is 462 g/mol. The normalized spacial score (nSPS) is 12.6. The van der Waals surface area contributed by atoms with Crippen molar-refractivity contribution in [2.24, 2.45) is 0 Å². The maximum absolute atomic E-state index is 12.4. The fraction of sp³-hybridized carbons (Fsp3) is 0.409. The predicted octanol–water partition coefficient (Wildman–Crippen LogP) is 4.74. The molecule has 2 aromatic rings. The third kappa shape index (κ3) is 8.75. The quantitative estimate of drug-likeness (QED) is 0.232. The second-order valence-corrected chi connectivity index (χ2v) is 9.26. The lowest BCUT2D eigenvalue weighted by molar-refractivity contribution is -0.384. The largest absolute Gasteiger partial charge is 0.459 e. The minimum atomic E-state index is -0.526. The first-order chi connectivity index (χ1) is 13.6. The molecule has 0 saturated carbocycles. The van der Waals surface area contributed by atoms with Crippen LogP contribution in [0, 0.1) is 10.1 Å². The van der Waals surface area contributed by atoms with Gasteiger partial charge in [-0.1, -0.05) is 58.4 Å². The van der Waals surface area contributed by atoms with Gasteiger partial charge in [-0.05, 0) is 38.3 Å². The number of rotatable bonds is 9. The minimum absolute atomic E-state index is 0.0788. The van der Waals surface area contributed by atoms with Crippen LogP contribution < -0.4 is 0 Å². The highest BCUT2D eigenvalue weighted by Crippen LogP contribution is 2.18. The number of esters is 1. The van der Waals surface area contributed by atoms with Gasteiger partial charge in [-0.3, -0.25) is 19.8 Å². The summed E-state index contributed by atoms with van der Waals surface area (Å²) in [7, 11) is 0. The van der Waals surface area contributed by atoms with Crippen molar-refractivity contribution in [1.29, 1.82) is 0 Å². The standard InChI is InChI=1S/C22H27BrN2O4/c1-22(2,3)29-21(26)16-24(14-18-7-5-4-6-8-18)15-19(23)13-17-9-11-20(12-10-17)25(27)28/h4-12,19H,13-16H2,1-3H3. The molecule has 0 spiro atoms. The topological polar surface area (TPSA) is 72.7 Å². The lowest BCUT2D eigenvalue weighted by Gasteiger charge is -2.26. The number of hydrogen-bond donors (Lipinski definition) is 0. The maximum atomic E-state index is 12.4. The van der Waals surface area contributed by atoms with E-state index in [-0.39, 0.29) is 23.0 Å². The van der Waals surface area contributed by atoms with Gasteiger partial charge in [0.2, 0.25) is 0 Å². The molecule has 7 heteroatoms. The Morgan fingerprint density at radius 3 is 2.28 bits per heavy atom. The zero-order chi connectivity index (χ0) is 21.4. The van der Waals surface area contributed by atoms with E-state index in [0.29, 0.717) is 19.5 Å². The molecule has 6 nitrogen and oxygen atoms in total. The van der Waals surface area contributed by atoms with Crippen LogP contribution >= 0.6 is 15.9 Å². The third-order valence-corrected chi connectivity index (χ3v) is 4.70. The Hall–Kier alpha value is -2.25. The lowest BCUT2D eigenvalue weighted by Crippen LogP contribution is -2.38. The van der Waals surface area contributed by atoms with Crippen molar-refractivity contribution in [3.63, 3.8) is 0 Å². The van der Waals surface area contributed by atoms with Gasteiger partial charge in [0.15, 0.2) is 0 Å². The molecule has 0 bridgehead atoms. The zero-order valence-corrected chi connectivity index (χ0v) is 18.6. The van der Waals surface area contributed by atoms with E-state index in [1.54, 1.807) is 12.1 Å². The van der Waals surface area contributed by atoms with E-state index in [1.807, 2.05) is 56.0 Å². The first-order valence-electron chi connectivity index (χ1n) is 9.48. The molecule has 156 valence electrons. The van der Waals surface area contributed by atoms with E-state index >= 15 is 0 Å². The highest BCUT2D eigenvalue weighted by Gasteiger charge is 2.21. The van der Waals surface area contributed by atoms with Gasteiger partial charge < -0.3 is 4.74 Å². The van der Waals surface area contributed by atoms with Gasteiger partial charge in [0, 0.05) is 30.0 Å². The summed E-state index contributed by atoms with van der Waals surface area (Å²) in [5.74, 6) is -0.261. The second-order valence-electron chi connectivity index (χ2n) is 7.97. The highest BCUT2D eigenvalue weighted by atomic mass is 79.9. The fourth-order valence-electron chi connectivity index (χ4n) is 2.94.